The van der Waals surface area contributed by atoms with Gasteiger partial charge in [-0.2, -0.15) is 5.26 Å². The Labute approximate surface area is 177 Å². The molecule has 29 heavy (non-hydrogen) atoms. The first-order valence-corrected chi connectivity index (χ1v) is 10.2. The van der Waals surface area contributed by atoms with Gasteiger partial charge < -0.3 is 10.1 Å². The van der Waals surface area contributed by atoms with Gasteiger partial charge in [-0.3, -0.25) is 4.79 Å². The molecule has 0 unspecified atom stereocenters. The molecular weight excluding hydrogens is 384 g/mol. The minimum atomic E-state index is -0.130. The molecule has 0 aliphatic heterocycles. The third-order valence-corrected chi connectivity index (χ3v) is 5.61. The van der Waals surface area contributed by atoms with Crippen molar-refractivity contribution in [3.8, 4) is 17.6 Å². The fourth-order valence-corrected chi connectivity index (χ4v) is 4.93. The molecule has 0 saturated heterocycles. The van der Waals surface area contributed by atoms with Gasteiger partial charge in [0.15, 0.2) is 0 Å². The third-order valence-electron chi connectivity index (χ3n) is 5.31. The van der Waals surface area contributed by atoms with Crippen LogP contribution in [0.1, 0.15) is 62.9 Å². The molecule has 5 heteroatoms. The highest BCUT2D eigenvalue weighted by atomic mass is 35.5. The molecule has 1 fully saturated rings. The van der Waals surface area contributed by atoms with E-state index in [0.717, 1.165) is 19.3 Å². The normalized spacial score (nSPS) is 17.9. The van der Waals surface area contributed by atoms with E-state index >= 15 is 0 Å². The van der Waals surface area contributed by atoms with E-state index in [2.05, 4.69) is 39.1 Å². The molecule has 1 aliphatic rings. The Balaban J connectivity index is 1.73. The Morgan fingerprint density at radius 3 is 2.38 bits per heavy atom. The van der Waals surface area contributed by atoms with Crippen LogP contribution < -0.4 is 10.1 Å². The molecule has 1 amide bonds. The van der Waals surface area contributed by atoms with Crippen LogP contribution in [-0.4, -0.2) is 11.9 Å². The number of ether oxygens (including phenoxy) is 1. The summed E-state index contributed by atoms with van der Waals surface area (Å²) in [5.41, 5.74) is 1.32. The molecule has 4 nitrogen and oxygen atoms in total. The van der Waals surface area contributed by atoms with Gasteiger partial charge in [-0.15, -0.1) is 0 Å². The molecule has 0 bridgehead atoms. The van der Waals surface area contributed by atoms with Crippen molar-refractivity contribution in [2.75, 3.05) is 0 Å². The van der Waals surface area contributed by atoms with Gasteiger partial charge in [0.25, 0.3) is 5.91 Å². The molecule has 0 aromatic heterocycles. The number of nitrogens with one attached hydrogen (secondary N) is 1. The van der Waals surface area contributed by atoms with Gasteiger partial charge in [0, 0.05) is 11.6 Å². The van der Waals surface area contributed by atoms with Crippen molar-refractivity contribution in [2.24, 2.45) is 10.8 Å². The first-order chi connectivity index (χ1) is 13.6. The van der Waals surface area contributed by atoms with Crippen LogP contribution >= 0.6 is 11.6 Å². The zero-order valence-electron chi connectivity index (χ0n) is 17.4. The average molecular weight is 411 g/mol. The van der Waals surface area contributed by atoms with Gasteiger partial charge in [0.2, 0.25) is 0 Å². The maximum Gasteiger partial charge on any atom is 0.251 e. The highest BCUT2D eigenvalue weighted by Gasteiger charge is 2.38. The summed E-state index contributed by atoms with van der Waals surface area (Å²) in [6.07, 6.45) is 3.07. The lowest BCUT2D eigenvalue weighted by Gasteiger charge is -2.45. The summed E-state index contributed by atoms with van der Waals surface area (Å²) < 4.78 is 5.78. The number of hydrogen-bond acceptors (Lipinski definition) is 3. The second kappa shape index (κ2) is 8.08. The molecule has 0 radical (unpaired) electrons. The van der Waals surface area contributed by atoms with Gasteiger partial charge in [0.05, 0.1) is 10.6 Å². The molecule has 2 aromatic carbocycles. The van der Waals surface area contributed by atoms with Crippen LogP contribution in [0.2, 0.25) is 5.02 Å². The van der Waals surface area contributed by atoms with E-state index in [-0.39, 0.29) is 22.8 Å². The molecule has 1 saturated carbocycles. The predicted molar refractivity (Wildman–Crippen MR) is 115 cm³/mol. The van der Waals surface area contributed by atoms with Crippen molar-refractivity contribution >= 4 is 17.5 Å². The first-order valence-electron chi connectivity index (χ1n) is 9.86. The Bertz CT molecular complexity index is 944. The molecule has 152 valence electrons. The molecule has 0 heterocycles. The van der Waals surface area contributed by atoms with E-state index in [1.165, 1.54) is 0 Å². The van der Waals surface area contributed by atoms with Crippen LogP contribution in [0.4, 0.5) is 0 Å². The number of carbonyl (C=O) groups is 1. The number of para-hydroxylation sites is 1. The molecule has 0 atom stereocenters. The number of benzene rings is 2. The molecule has 1 N–H and O–H groups in total. The molecule has 0 spiro atoms. The Hall–Kier alpha value is -2.51. The van der Waals surface area contributed by atoms with E-state index < -0.39 is 0 Å². The maximum absolute atomic E-state index is 12.8. The summed E-state index contributed by atoms with van der Waals surface area (Å²) in [4.78, 5) is 12.8. The molecule has 3 rings (SSSR count). The Morgan fingerprint density at radius 1 is 1.10 bits per heavy atom. The fourth-order valence-electron chi connectivity index (χ4n) is 4.71. The van der Waals surface area contributed by atoms with Crippen molar-refractivity contribution < 1.29 is 9.53 Å². The van der Waals surface area contributed by atoms with Crippen molar-refractivity contribution in [3.63, 3.8) is 0 Å². The molecular formula is C24H27ClN2O2. The minimum Gasteiger partial charge on any atom is -0.454 e. The summed E-state index contributed by atoms with van der Waals surface area (Å²) in [7, 11) is 0. The summed E-state index contributed by atoms with van der Waals surface area (Å²) in [5.74, 6) is 0.709. The highest BCUT2D eigenvalue weighted by molar-refractivity contribution is 6.32. The topological polar surface area (TPSA) is 62.1 Å². The van der Waals surface area contributed by atoms with Gasteiger partial charge >= 0.3 is 0 Å². The average Bonchev–Trinajstić information content (AvgIpc) is 2.61. The Kier molecular flexibility index (Phi) is 5.91. The quantitative estimate of drug-likeness (QED) is 0.639. The number of carbonyl (C=O) groups excluding carboxylic acids is 1. The number of nitrogens with zero attached hydrogens (tertiary/aromatic N) is 1. The second-order valence-electron chi connectivity index (χ2n) is 9.44. The first kappa shape index (κ1) is 21.2. The van der Waals surface area contributed by atoms with Crippen LogP contribution in [0.3, 0.4) is 0 Å². The smallest absolute Gasteiger partial charge is 0.251 e. The minimum absolute atomic E-state index is 0.130. The van der Waals surface area contributed by atoms with Crippen LogP contribution in [0.15, 0.2) is 42.5 Å². The molecule has 2 aromatic rings. The number of amides is 1. The summed E-state index contributed by atoms with van der Waals surface area (Å²) >= 11 is 6.36. The van der Waals surface area contributed by atoms with Gasteiger partial charge in [-0.25, -0.2) is 0 Å². The van der Waals surface area contributed by atoms with Crippen molar-refractivity contribution in [1.82, 2.24) is 5.32 Å². The SMILES string of the molecule is CC1(C)CC(NC(=O)c2ccc(Oc3ccccc3C#N)c(Cl)c2)CC(C)(C)C1. The zero-order chi connectivity index (χ0) is 21.2. The standard InChI is InChI=1S/C24H27ClN2O2/c1-23(2)12-18(13-24(3,4)15-23)27-22(28)16-9-10-21(19(25)11-16)29-20-8-6-5-7-17(20)14-26/h5-11,18H,12-13,15H2,1-4H3,(H,27,28). The number of halogens is 1. The number of nitriles is 1. The summed E-state index contributed by atoms with van der Waals surface area (Å²) in [6, 6.07) is 14.2. The Morgan fingerprint density at radius 2 is 1.76 bits per heavy atom. The fraction of sp³-hybridized carbons (Fsp3) is 0.417. The highest BCUT2D eigenvalue weighted by Crippen LogP contribution is 2.45. The van der Waals surface area contributed by atoms with Crippen LogP contribution in [0, 0.1) is 22.2 Å². The monoisotopic (exact) mass is 410 g/mol. The van der Waals surface area contributed by atoms with Gasteiger partial charge in [0.1, 0.15) is 17.6 Å². The van der Waals surface area contributed by atoms with Gasteiger partial charge in [-0.05, 0) is 60.4 Å². The van der Waals surface area contributed by atoms with Crippen LogP contribution in [0.25, 0.3) is 0 Å². The summed E-state index contributed by atoms with van der Waals surface area (Å²) in [6.45, 7) is 9.04. The van der Waals surface area contributed by atoms with Gasteiger partial charge in [-0.1, -0.05) is 51.4 Å². The van der Waals surface area contributed by atoms with Crippen molar-refractivity contribution in [3.05, 3.63) is 58.6 Å². The lowest BCUT2D eigenvalue weighted by molar-refractivity contribution is 0.0713. The third kappa shape index (κ3) is 5.31. The van der Waals surface area contributed by atoms with E-state index in [4.69, 9.17) is 16.3 Å². The number of rotatable bonds is 4. The van der Waals surface area contributed by atoms with E-state index in [1.807, 2.05) is 0 Å². The van der Waals surface area contributed by atoms with Crippen molar-refractivity contribution in [2.45, 2.75) is 53.0 Å². The number of hydrogen-bond donors (Lipinski definition) is 1. The molecule has 1 aliphatic carbocycles. The van der Waals surface area contributed by atoms with Crippen LogP contribution in [0.5, 0.6) is 11.5 Å². The van der Waals surface area contributed by atoms with Crippen LogP contribution in [-0.2, 0) is 0 Å². The maximum atomic E-state index is 12.8. The van der Waals surface area contributed by atoms with E-state index in [1.54, 1.807) is 42.5 Å². The zero-order valence-corrected chi connectivity index (χ0v) is 18.1. The predicted octanol–water partition coefficient (Wildman–Crippen LogP) is 6.34. The van der Waals surface area contributed by atoms with E-state index in [0.29, 0.717) is 27.6 Å². The van der Waals surface area contributed by atoms with E-state index in [9.17, 15) is 10.1 Å². The van der Waals surface area contributed by atoms with Crippen molar-refractivity contribution in [1.29, 1.82) is 5.26 Å². The second-order valence-corrected chi connectivity index (χ2v) is 9.85. The lowest BCUT2D eigenvalue weighted by atomic mass is 9.63. The summed E-state index contributed by atoms with van der Waals surface area (Å²) in [5, 5.41) is 12.7. The largest absolute Gasteiger partial charge is 0.454 e. The lowest BCUT2D eigenvalue weighted by Crippen LogP contribution is -2.46.